The molecular formula is C22H20ClF2NO5S. The van der Waals surface area contributed by atoms with Crippen molar-refractivity contribution < 1.29 is 31.8 Å². The maximum Gasteiger partial charge on any atom is 0.331 e. The van der Waals surface area contributed by atoms with Crippen molar-refractivity contribution in [1.82, 2.24) is 4.31 Å². The van der Waals surface area contributed by atoms with Crippen molar-refractivity contribution in [1.29, 1.82) is 0 Å². The molecule has 1 N–H and O–H groups in total. The summed E-state index contributed by atoms with van der Waals surface area (Å²) in [6.45, 7) is 0.133. The highest BCUT2D eigenvalue weighted by Gasteiger charge is 2.49. The lowest BCUT2D eigenvalue weighted by molar-refractivity contribution is -0.132. The molecule has 32 heavy (non-hydrogen) atoms. The van der Waals surface area contributed by atoms with Gasteiger partial charge in [0.05, 0.1) is 23.0 Å². The zero-order valence-electron chi connectivity index (χ0n) is 17.0. The molecule has 10 heteroatoms. The van der Waals surface area contributed by atoms with Crippen LogP contribution in [-0.4, -0.2) is 48.9 Å². The summed E-state index contributed by atoms with van der Waals surface area (Å²) in [7, 11) is -3.97. The molecule has 0 aliphatic carbocycles. The van der Waals surface area contributed by atoms with E-state index < -0.39 is 41.1 Å². The molecule has 6 nitrogen and oxygen atoms in total. The molecule has 2 aliphatic rings. The van der Waals surface area contributed by atoms with Gasteiger partial charge in [-0.25, -0.2) is 22.0 Å². The molecule has 2 heterocycles. The van der Waals surface area contributed by atoms with Crippen LogP contribution in [-0.2, 0) is 21.2 Å². The summed E-state index contributed by atoms with van der Waals surface area (Å²) >= 11 is 6.39. The van der Waals surface area contributed by atoms with Crippen LogP contribution in [0.3, 0.4) is 0 Å². The van der Waals surface area contributed by atoms with Crippen LogP contribution < -0.4 is 4.74 Å². The Bertz CT molecular complexity index is 1200. The fraction of sp³-hybridized carbons (Fsp3) is 0.318. The highest BCUT2D eigenvalue weighted by Crippen LogP contribution is 2.40. The minimum absolute atomic E-state index is 0.0571. The van der Waals surface area contributed by atoms with Crippen LogP contribution in [0.4, 0.5) is 8.78 Å². The molecule has 0 spiro atoms. The predicted molar refractivity (Wildman–Crippen MR) is 115 cm³/mol. The van der Waals surface area contributed by atoms with E-state index in [4.69, 9.17) is 16.3 Å². The number of sulfonamides is 1. The molecule has 2 aromatic carbocycles. The van der Waals surface area contributed by atoms with E-state index in [1.807, 2.05) is 6.07 Å². The van der Waals surface area contributed by atoms with Crippen LogP contribution in [0.2, 0.25) is 5.02 Å². The molecule has 0 amide bonds. The Labute approximate surface area is 189 Å². The van der Waals surface area contributed by atoms with Gasteiger partial charge in [-0.1, -0.05) is 30.7 Å². The van der Waals surface area contributed by atoms with Crippen LogP contribution in [0.1, 0.15) is 18.9 Å². The van der Waals surface area contributed by atoms with Crippen LogP contribution >= 0.6 is 11.6 Å². The number of rotatable bonds is 6. The third-order valence-electron chi connectivity index (χ3n) is 5.49. The Balaban J connectivity index is 1.56. The molecule has 1 saturated heterocycles. The first-order valence-corrected chi connectivity index (χ1v) is 11.7. The fourth-order valence-corrected chi connectivity index (χ4v) is 5.56. The molecule has 0 radical (unpaired) electrons. The lowest BCUT2D eigenvalue weighted by Crippen LogP contribution is -2.58. The maximum atomic E-state index is 13.1. The number of carboxylic acids is 1. The summed E-state index contributed by atoms with van der Waals surface area (Å²) in [6, 6.07) is 9.49. The number of hydrogen-bond donors (Lipinski definition) is 1. The maximum absolute atomic E-state index is 13.1. The molecule has 1 atom stereocenters. The lowest BCUT2D eigenvalue weighted by atomic mass is 10.0. The number of nitrogens with zero attached hydrogens (tertiary/aromatic N) is 1. The Kier molecular flexibility index (Phi) is 5.77. The highest BCUT2D eigenvalue weighted by molar-refractivity contribution is 7.89. The van der Waals surface area contributed by atoms with Crippen molar-refractivity contribution >= 4 is 27.6 Å². The zero-order chi connectivity index (χ0) is 23.3. The summed E-state index contributed by atoms with van der Waals surface area (Å²) in [5, 5.41) is 9.59. The van der Waals surface area contributed by atoms with Gasteiger partial charge in [-0.05, 0) is 47.9 Å². The molecule has 2 aromatic rings. The number of carbonyl (C=O) groups is 1. The molecule has 0 bridgehead atoms. The summed E-state index contributed by atoms with van der Waals surface area (Å²) in [4.78, 5) is 11.2. The second-order valence-electron chi connectivity index (χ2n) is 7.81. The predicted octanol–water partition coefficient (Wildman–Crippen LogP) is 4.37. The summed E-state index contributed by atoms with van der Waals surface area (Å²) in [5.74, 6) is -3.47. The fourth-order valence-electron chi connectivity index (χ4n) is 3.78. The van der Waals surface area contributed by atoms with E-state index in [1.54, 1.807) is 31.2 Å². The smallest absolute Gasteiger partial charge is 0.331 e. The van der Waals surface area contributed by atoms with E-state index in [1.165, 1.54) is 12.1 Å². The van der Waals surface area contributed by atoms with Crippen LogP contribution in [0.5, 0.6) is 5.75 Å². The molecule has 2 aliphatic heterocycles. The molecule has 0 aromatic heterocycles. The van der Waals surface area contributed by atoms with Gasteiger partial charge in [0.1, 0.15) is 11.9 Å². The van der Waals surface area contributed by atoms with Crippen molar-refractivity contribution in [3.05, 3.63) is 58.6 Å². The normalized spacial score (nSPS) is 20.4. The third-order valence-corrected chi connectivity index (χ3v) is 7.58. The minimum atomic E-state index is -3.97. The van der Waals surface area contributed by atoms with Crippen molar-refractivity contribution in [2.24, 2.45) is 0 Å². The van der Waals surface area contributed by atoms with E-state index in [0.717, 1.165) is 15.4 Å². The molecular weight excluding hydrogens is 464 g/mol. The second kappa shape index (κ2) is 8.13. The standard InChI is InChI=1S/C22H20ClF2NO5S/c1-2-13(21(27)28)8-17-9-16-7-15(10-19(23)20(16)31-17)14-3-5-18(6-4-14)32(29,30)26-11-22(24,25)12-26/h3-8,10,17H,2,9,11-12H2,1H3,(H,27,28)/b13-8+. The van der Waals surface area contributed by atoms with E-state index >= 15 is 0 Å². The summed E-state index contributed by atoms with van der Waals surface area (Å²) in [6.07, 6.45) is 1.97. The van der Waals surface area contributed by atoms with Gasteiger partial charge in [-0.2, -0.15) is 4.31 Å². The van der Waals surface area contributed by atoms with Crippen molar-refractivity contribution in [3.63, 3.8) is 0 Å². The number of fused-ring (bicyclic) bond motifs is 1. The lowest BCUT2D eigenvalue weighted by Gasteiger charge is -2.37. The van der Waals surface area contributed by atoms with Crippen LogP contribution in [0.15, 0.2) is 52.9 Å². The van der Waals surface area contributed by atoms with Crippen LogP contribution in [0, 0.1) is 0 Å². The van der Waals surface area contributed by atoms with E-state index in [2.05, 4.69) is 0 Å². The number of hydrogen-bond acceptors (Lipinski definition) is 4. The first kappa shape index (κ1) is 22.7. The molecule has 1 fully saturated rings. The summed E-state index contributed by atoms with van der Waals surface area (Å²) in [5.41, 5.74) is 2.50. The van der Waals surface area contributed by atoms with Gasteiger partial charge in [0.15, 0.2) is 0 Å². The van der Waals surface area contributed by atoms with Gasteiger partial charge in [0.25, 0.3) is 5.92 Å². The van der Waals surface area contributed by atoms with E-state index in [9.17, 15) is 27.1 Å². The molecule has 170 valence electrons. The van der Waals surface area contributed by atoms with E-state index in [0.29, 0.717) is 29.2 Å². The number of alkyl halides is 2. The van der Waals surface area contributed by atoms with Crippen LogP contribution in [0.25, 0.3) is 11.1 Å². The van der Waals surface area contributed by atoms with Gasteiger partial charge < -0.3 is 9.84 Å². The van der Waals surface area contributed by atoms with Crippen molar-refractivity contribution in [2.45, 2.75) is 36.7 Å². The number of aliphatic carboxylic acids is 1. The minimum Gasteiger partial charge on any atom is -0.484 e. The Morgan fingerprint density at radius 3 is 2.47 bits per heavy atom. The average molecular weight is 484 g/mol. The third kappa shape index (κ3) is 4.24. The topological polar surface area (TPSA) is 83.9 Å². The molecule has 0 saturated carbocycles. The van der Waals surface area contributed by atoms with E-state index in [-0.39, 0.29) is 10.5 Å². The Morgan fingerprint density at radius 1 is 1.25 bits per heavy atom. The van der Waals surface area contributed by atoms with Gasteiger partial charge in [-0.3, -0.25) is 0 Å². The van der Waals surface area contributed by atoms with Gasteiger partial charge in [0, 0.05) is 17.6 Å². The zero-order valence-corrected chi connectivity index (χ0v) is 18.6. The molecule has 4 rings (SSSR count). The number of carboxylic acid groups (broad SMARTS) is 1. The molecule has 1 unspecified atom stereocenters. The number of ether oxygens (including phenoxy) is 1. The van der Waals surface area contributed by atoms with Gasteiger partial charge in [0.2, 0.25) is 10.0 Å². The summed E-state index contributed by atoms with van der Waals surface area (Å²) < 4.78 is 57.6. The largest absolute Gasteiger partial charge is 0.484 e. The van der Waals surface area contributed by atoms with Gasteiger partial charge >= 0.3 is 5.97 Å². The number of halogens is 3. The first-order chi connectivity index (χ1) is 15.0. The van der Waals surface area contributed by atoms with Gasteiger partial charge in [-0.15, -0.1) is 0 Å². The second-order valence-corrected chi connectivity index (χ2v) is 10.2. The Hall–Kier alpha value is -2.49. The highest BCUT2D eigenvalue weighted by atomic mass is 35.5. The number of benzene rings is 2. The SMILES string of the molecule is CC/C(=C\C1Cc2cc(-c3ccc(S(=O)(=O)N4CC(F)(F)C4)cc3)cc(Cl)c2O1)C(=O)O. The first-order valence-electron chi connectivity index (χ1n) is 9.91. The Morgan fingerprint density at radius 2 is 1.91 bits per heavy atom. The van der Waals surface area contributed by atoms with Crippen molar-refractivity contribution in [2.75, 3.05) is 13.1 Å². The quantitative estimate of drug-likeness (QED) is 0.617. The average Bonchev–Trinajstić information content (AvgIpc) is 3.13. The monoisotopic (exact) mass is 483 g/mol. The van der Waals surface area contributed by atoms with Crippen molar-refractivity contribution in [3.8, 4) is 16.9 Å².